The first-order chi connectivity index (χ1) is 11.0. The van der Waals surface area contributed by atoms with Crippen molar-refractivity contribution in [2.45, 2.75) is 17.7 Å². The molecule has 0 radical (unpaired) electrons. The van der Waals surface area contributed by atoms with E-state index < -0.39 is 10.0 Å². The van der Waals surface area contributed by atoms with Gasteiger partial charge in [-0.25, -0.2) is 0 Å². The smallest absolute Gasteiger partial charge is 0.286 e. The minimum atomic E-state index is -3.85. The molecule has 3 aromatic rings. The van der Waals surface area contributed by atoms with Crippen molar-refractivity contribution in [3.05, 3.63) is 72.1 Å². The van der Waals surface area contributed by atoms with Crippen molar-refractivity contribution in [3.8, 4) is 0 Å². The highest BCUT2D eigenvalue weighted by Gasteiger charge is 2.24. The Hall–Kier alpha value is -2.67. The Balaban J connectivity index is 2.02. The highest BCUT2D eigenvalue weighted by molar-refractivity contribution is 7.90. The van der Waals surface area contributed by atoms with Gasteiger partial charge in [0, 0.05) is 5.92 Å². The van der Waals surface area contributed by atoms with Crippen LogP contribution in [0.4, 0.5) is 5.95 Å². The molecule has 23 heavy (non-hydrogen) atoms. The van der Waals surface area contributed by atoms with Gasteiger partial charge in [0.1, 0.15) is 0 Å². The van der Waals surface area contributed by atoms with Crippen molar-refractivity contribution in [1.29, 1.82) is 0 Å². The zero-order valence-corrected chi connectivity index (χ0v) is 13.3. The van der Waals surface area contributed by atoms with Gasteiger partial charge in [0.15, 0.2) is 5.82 Å². The Morgan fingerprint density at radius 1 is 1.00 bits per heavy atom. The van der Waals surface area contributed by atoms with Crippen LogP contribution in [0.5, 0.6) is 0 Å². The zero-order chi connectivity index (χ0) is 16.4. The van der Waals surface area contributed by atoms with Crippen molar-refractivity contribution in [1.82, 2.24) is 14.2 Å². The van der Waals surface area contributed by atoms with E-state index in [1.54, 1.807) is 18.2 Å². The van der Waals surface area contributed by atoms with Crippen LogP contribution in [0.25, 0.3) is 0 Å². The molecule has 3 rings (SSSR count). The SMILES string of the molecule is CC(c1ccccc1)c1nc(N)n(S(=O)(=O)c2ccccc2)n1. The lowest BCUT2D eigenvalue weighted by molar-refractivity contribution is 0.580. The molecule has 2 N–H and O–H groups in total. The van der Waals surface area contributed by atoms with Crippen LogP contribution in [-0.2, 0) is 10.0 Å². The largest absolute Gasteiger partial charge is 0.367 e. The van der Waals surface area contributed by atoms with Gasteiger partial charge in [-0.05, 0) is 17.7 Å². The summed E-state index contributed by atoms with van der Waals surface area (Å²) in [5.41, 5.74) is 6.78. The number of nitrogens with two attached hydrogens (primary N) is 1. The zero-order valence-electron chi connectivity index (χ0n) is 12.5. The Labute approximate surface area is 134 Å². The second kappa shape index (κ2) is 5.85. The summed E-state index contributed by atoms with van der Waals surface area (Å²) in [7, 11) is -3.85. The minimum absolute atomic E-state index is 0.121. The molecule has 1 aromatic heterocycles. The Morgan fingerprint density at radius 3 is 2.17 bits per heavy atom. The molecular weight excluding hydrogens is 312 g/mol. The van der Waals surface area contributed by atoms with Crippen molar-refractivity contribution in [2.24, 2.45) is 0 Å². The van der Waals surface area contributed by atoms with Gasteiger partial charge in [0.25, 0.3) is 10.0 Å². The molecule has 0 fully saturated rings. The van der Waals surface area contributed by atoms with Gasteiger partial charge < -0.3 is 5.73 Å². The summed E-state index contributed by atoms with van der Waals surface area (Å²) in [6, 6.07) is 17.6. The van der Waals surface area contributed by atoms with E-state index in [-0.39, 0.29) is 16.8 Å². The van der Waals surface area contributed by atoms with Crippen molar-refractivity contribution >= 4 is 16.0 Å². The van der Waals surface area contributed by atoms with Crippen molar-refractivity contribution in [3.63, 3.8) is 0 Å². The summed E-state index contributed by atoms with van der Waals surface area (Å²) < 4.78 is 26.0. The van der Waals surface area contributed by atoms with E-state index >= 15 is 0 Å². The molecule has 1 unspecified atom stereocenters. The van der Waals surface area contributed by atoms with E-state index in [0.717, 1.165) is 9.65 Å². The van der Waals surface area contributed by atoms with Gasteiger partial charge in [-0.1, -0.05) is 55.5 Å². The fraction of sp³-hybridized carbons (Fsp3) is 0.125. The maximum atomic E-state index is 12.6. The number of rotatable bonds is 4. The quantitative estimate of drug-likeness (QED) is 0.793. The molecule has 1 atom stereocenters. The summed E-state index contributed by atoms with van der Waals surface area (Å²) in [6.45, 7) is 1.91. The van der Waals surface area contributed by atoms with Gasteiger partial charge in [-0.2, -0.15) is 13.4 Å². The van der Waals surface area contributed by atoms with E-state index in [0.29, 0.717) is 5.82 Å². The first-order valence-corrected chi connectivity index (χ1v) is 8.52. The highest BCUT2D eigenvalue weighted by Crippen LogP contribution is 2.23. The van der Waals surface area contributed by atoms with Gasteiger partial charge in [-0.15, -0.1) is 9.19 Å². The molecule has 0 aliphatic carbocycles. The molecular formula is C16H16N4O2S. The molecule has 0 saturated heterocycles. The third-order valence-corrected chi connectivity index (χ3v) is 5.17. The summed E-state index contributed by atoms with van der Waals surface area (Å²) in [5, 5.41) is 4.13. The van der Waals surface area contributed by atoms with Crippen LogP contribution in [0.2, 0.25) is 0 Å². The van der Waals surface area contributed by atoms with Crippen molar-refractivity contribution < 1.29 is 8.42 Å². The second-order valence-electron chi connectivity index (χ2n) is 5.12. The van der Waals surface area contributed by atoms with E-state index in [4.69, 9.17) is 5.73 Å². The summed E-state index contributed by atoms with van der Waals surface area (Å²) in [4.78, 5) is 4.25. The average Bonchev–Trinajstić information content (AvgIpc) is 2.98. The Morgan fingerprint density at radius 2 is 1.57 bits per heavy atom. The molecule has 6 nitrogen and oxygen atoms in total. The number of nitrogen functional groups attached to an aromatic ring is 1. The number of hydrogen-bond acceptors (Lipinski definition) is 5. The Kier molecular flexibility index (Phi) is 3.87. The fourth-order valence-electron chi connectivity index (χ4n) is 2.27. The predicted octanol–water partition coefficient (Wildman–Crippen LogP) is 2.25. The predicted molar refractivity (Wildman–Crippen MR) is 87.4 cm³/mol. The van der Waals surface area contributed by atoms with Gasteiger partial charge in [0.2, 0.25) is 5.95 Å². The standard InChI is InChI=1S/C16H16N4O2S/c1-12(13-8-4-2-5-9-13)15-18-16(17)20(19-15)23(21,22)14-10-6-3-7-11-14/h2-12H,1H3,(H2,17,18,19). The van der Waals surface area contributed by atoms with Crippen LogP contribution in [0.1, 0.15) is 24.2 Å². The van der Waals surface area contributed by atoms with Gasteiger partial charge in [-0.3, -0.25) is 0 Å². The summed E-state index contributed by atoms with van der Waals surface area (Å²) in [6.07, 6.45) is 0. The lowest BCUT2D eigenvalue weighted by Gasteiger charge is -2.07. The first kappa shape index (κ1) is 15.2. The summed E-state index contributed by atoms with van der Waals surface area (Å²) in [5.74, 6) is 0.0607. The third kappa shape index (κ3) is 2.83. The van der Waals surface area contributed by atoms with E-state index in [1.807, 2.05) is 37.3 Å². The van der Waals surface area contributed by atoms with E-state index in [9.17, 15) is 8.42 Å². The molecule has 2 aromatic carbocycles. The molecule has 0 amide bonds. The van der Waals surface area contributed by atoms with E-state index in [1.165, 1.54) is 12.1 Å². The molecule has 0 spiro atoms. The number of benzene rings is 2. The lowest BCUT2D eigenvalue weighted by atomic mass is 10.0. The van der Waals surface area contributed by atoms with Gasteiger partial charge >= 0.3 is 0 Å². The number of anilines is 1. The number of aromatic nitrogens is 3. The molecule has 1 heterocycles. The molecule has 7 heteroatoms. The van der Waals surface area contributed by atoms with E-state index in [2.05, 4.69) is 10.1 Å². The van der Waals surface area contributed by atoms with Crippen LogP contribution in [-0.4, -0.2) is 22.6 Å². The molecule has 118 valence electrons. The first-order valence-electron chi connectivity index (χ1n) is 7.08. The normalized spacial score (nSPS) is 12.9. The molecule has 0 saturated carbocycles. The molecule has 0 aliphatic heterocycles. The van der Waals surface area contributed by atoms with Crippen LogP contribution < -0.4 is 5.73 Å². The Bertz CT molecular complexity index is 906. The topological polar surface area (TPSA) is 90.9 Å². The van der Waals surface area contributed by atoms with Crippen LogP contribution in [0.15, 0.2) is 65.6 Å². The maximum Gasteiger partial charge on any atom is 0.286 e. The monoisotopic (exact) mass is 328 g/mol. The lowest BCUT2D eigenvalue weighted by Crippen LogP contribution is -2.17. The molecule has 0 bridgehead atoms. The van der Waals surface area contributed by atoms with Gasteiger partial charge in [0.05, 0.1) is 4.90 Å². The molecule has 0 aliphatic rings. The van der Waals surface area contributed by atoms with Crippen LogP contribution in [0.3, 0.4) is 0 Å². The number of hydrogen-bond donors (Lipinski definition) is 1. The van der Waals surface area contributed by atoms with Crippen molar-refractivity contribution in [2.75, 3.05) is 5.73 Å². The minimum Gasteiger partial charge on any atom is -0.367 e. The number of nitrogens with zero attached hydrogens (tertiary/aromatic N) is 3. The maximum absolute atomic E-state index is 12.6. The van der Waals surface area contributed by atoms with Crippen LogP contribution in [0, 0.1) is 0 Å². The third-order valence-electron chi connectivity index (χ3n) is 3.57. The average molecular weight is 328 g/mol. The second-order valence-corrected chi connectivity index (χ2v) is 6.89. The summed E-state index contributed by atoms with van der Waals surface area (Å²) >= 11 is 0. The highest BCUT2D eigenvalue weighted by atomic mass is 32.2. The van der Waals surface area contributed by atoms with Crippen LogP contribution >= 0.6 is 0 Å². The fourth-order valence-corrected chi connectivity index (χ4v) is 3.45.